The second-order valence-electron chi connectivity index (χ2n) is 8.39. The van der Waals surface area contributed by atoms with Crippen LogP contribution in [0.4, 0.5) is 0 Å². The van der Waals surface area contributed by atoms with Crippen molar-refractivity contribution in [2.75, 3.05) is 0 Å². The number of hydrogen-bond acceptors (Lipinski definition) is 8. The van der Waals surface area contributed by atoms with Crippen LogP contribution in [0.5, 0.6) is 0 Å². The molecule has 2 fully saturated rings. The summed E-state index contributed by atoms with van der Waals surface area (Å²) in [6, 6.07) is 0. The van der Waals surface area contributed by atoms with Gasteiger partial charge in [0, 0.05) is 0 Å². The van der Waals surface area contributed by atoms with Gasteiger partial charge in [-0.2, -0.15) is 0 Å². The molecule has 2 aliphatic heterocycles. The van der Waals surface area contributed by atoms with E-state index in [9.17, 15) is 30.0 Å². The van der Waals surface area contributed by atoms with E-state index in [0.717, 1.165) is 0 Å². The van der Waals surface area contributed by atoms with E-state index < -0.39 is 46.3 Å². The molecule has 0 aromatic carbocycles. The van der Waals surface area contributed by atoms with Crippen molar-refractivity contribution in [3.63, 3.8) is 0 Å². The zero-order valence-corrected chi connectivity index (χ0v) is 17.3. The highest BCUT2D eigenvalue weighted by Gasteiger charge is 2.72. The van der Waals surface area contributed by atoms with E-state index in [1.54, 1.807) is 38.3 Å². The van der Waals surface area contributed by atoms with E-state index >= 15 is 0 Å². The molecular weight excluding hydrogens is 388 g/mol. The first-order chi connectivity index (χ1) is 11.8. The van der Waals surface area contributed by atoms with E-state index in [0.29, 0.717) is 5.20 Å². The van der Waals surface area contributed by atoms with Gasteiger partial charge in [0.25, 0.3) is 0 Å². The first kappa shape index (κ1) is 22.9. The largest absolute Gasteiger partial charge is 0.429 e. The lowest BCUT2D eigenvalue weighted by molar-refractivity contribution is 0.00941. The summed E-state index contributed by atoms with van der Waals surface area (Å²) in [6.45, 7) is 6.86. The number of aliphatic hydroxyl groups is 4. The number of aliphatic hydroxyl groups excluding tert-OH is 4. The predicted octanol–water partition coefficient (Wildman–Crippen LogP) is -1.06. The number of rotatable bonds is 2. The van der Waals surface area contributed by atoms with Crippen LogP contribution in [-0.4, -0.2) is 94.6 Å². The molecule has 3 unspecified atom stereocenters. The summed E-state index contributed by atoms with van der Waals surface area (Å²) in [5.41, 5.74) is 0. The van der Waals surface area contributed by atoms with Crippen LogP contribution in [0.1, 0.15) is 7.43 Å². The lowest BCUT2D eigenvalue weighted by Crippen LogP contribution is -2.58. The fourth-order valence-electron chi connectivity index (χ4n) is 3.77. The third-order valence-electron chi connectivity index (χ3n) is 5.48. The van der Waals surface area contributed by atoms with Crippen LogP contribution >= 0.6 is 0 Å². The molecule has 0 aromatic heterocycles. The van der Waals surface area contributed by atoms with E-state index in [4.69, 9.17) is 9.47 Å². The minimum Gasteiger partial charge on any atom is -0.429 e. The van der Waals surface area contributed by atoms with Gasteiger partial charge in [0.15, 0.2) is 0 Å². The van der Waals surface area contributed by atoms with Gasteiger partial charge in [0.2, 0.25) is 16.6 Å². The van der Waals surface area contributed by atoms with Gasteiger partial charge in [0.1, 0.15) is 48.0 Å². The molecule has 4 aliphatic rings. The normalized spacial score (nSPS) is 44.7. The first-order valence-corrected chi connectivity index (χ1v) is 14.6. The van der Waals surface area contributed by atoms with Crippen molar-refractivity contribution >= 4 is 16.6 Å². The van der Waals surface area contributed by atoms with Crippen molar-refractivity contribution in [1.82, 2.24) is 0 Å². The maximum Gasteiger partial charge on any atom is 0.221 e. The summed E-state index contributed by atoms with van der Waals surface area (Å²) in [5, 5.41) is 38.0. The second-order valence-corrected chi connectivity index (χ2v) is 16.0. The summed E-state index contributed by atoms with van der Waals surface area (Å²) in [6.07, 6.45) is 0.698. The SMILES string of the molecule is C.C[Si](C)(O)C12OC1C=C[C@H](O)[C@@H]2O.C[Si](C)(O)C1=CC2O[C@H]2[C@H](O)[C@@H]1O. The monoisotopic (exact) mass is 420 g/mol. The van der Waals surface area contributed by atoms with Crippen molar-refractivity contribution < 1.29 is 39.5 Å². The maximum absolute atomic E-state index is 9.94. The fourth-order valence-corrected chi connectivity index (χ4v) is 7.34. The van der Waals surface area contributed by atoms with Crippen LogP contribution in [0.25, 0.3) is 0 Å². The van der Waals surface area contributed by atoms with Gasteiger partial charge in [-0.1, -0.05) is 25.7 Å². The summed E-state index contributed by atoms with van der Waals surface area (Å²) in [4.78, 5) is 19.8. The molecule has 0 aromatic rings. The molecular formula is C17H32O8Si2. The first-order valence-electron chi connectivity index (χ1n) is 8.71. The zero-order valence-electron chi connectivity index (χ0n) is 15.3. The molecule has 10 heteroatoms. The standard InChI is InChI=1S/2C8H14O4Si.CH4/c1-13(2,11)5-3-4-8(12-4)7(10)6(5)9;1-13(2,11)8-6(12-8)4-3-5(9)7(8)10;/h3-4,6-11H,1-2H3;3-7,9-11H,1-2H3;1H4/t4?,6-,7-,8-;5-,6?,7-,8?;/m10./s1. The zero-order chi connectivity index (χ0) is 19.7. The Morgan fingerprint density at radius 3 is 2.07 bits per heavy atom. The van der Waals surface area contributed by atoms with E-state index in [1.807, 2.05) is 0 Å². The molecule has 8 atom stereocenters. The van der Waals surface area contributed by atoms with E-state index in [2.05, 4.69) is 0 Å². The Hall–Kier alpha value is -0.406. The molecule has 0 radical (unpaired) electrons. The maximum atomic E-state index is 9.94. The number of ether oxygens (including phenoxy) is 2. The van der Waals surface area contributed by atoms with E-state index in [-0.39, 0.29) is 25.7 Å². The minimum absolute atomic E-state index is 0. The number of hydrogen-bond donors (Lipinski definition) is 6. The van der Waals surface area contributed by atoms with Crippen LogP contribution < -0.4 is 0 Å². The Balaban J connectivity index is 0.000000187. The Bertz CT molecular complexity index is 625. The number of fused-ring (bicyclic) bond motifs is 2. The lowest BCUT2D eigenvalue weighted by Gasteiger charge is -2.32. The third kappa shape index (κ3) is 3.88. The van der Waals surface area contributed by atoms with Gasteiger partial charge in [-0.05, 0) is 31.4 Å². The fraction of sp³-hybridized carbons (Fsp3) is 0.765. The van der Waals surface area contributed by atoms with Gasteiger partial charge in [0.05, 0.1) is 0 Å². The van der Waals surface area contributed by atoms with Crippen LogP contribution in [0, 0.1) is 0 Å². The topological polar surface area (TPSA) is 146 Å². The molecule has 2 aliphatic carbocycles. The highest BCUT2D eigenvalue weighted by molar-refractivity contribution is 6.77. The van der Waals surface area contributed by atoms with Gasteiger partial charge >= 0.3 is 0 Å². The van der Waals surface area contributed by atoms with Crippen molar-refractivity contribution in [3.05, 3.63) is 23.4 Å². The predicted molar refractivity (Wildman–Crippen MR) is 104 cm³/mol. The summed E-state index contributed by atoms with van der Waals surface area (Å²) in [7, 11) is -5.10. The molecule has 8 nitrogen and oxygen atoms in total. The number of epoxide rings is 2. The second kappa shape index (κ2) is 7.13. The Labute approximate surface area is 161 Å². The molecule has 2 heterocycles. The summed E-state index contributed by atoms with van der Waals surface area (Å²) < 4.78 is 10.4. The van der Waals surface area contributed by atoms with Crippen LogP contribution in [0.2, 0.25) is 26.2 Å². The third-order valence-corrected chi connectivity index (χ3v) is 9.97. The molecule has 0 bridgehead atoms. The lowest BCUT2D eigenvalue weighted by atomic mass is 10.0. The van der Waals surface area contributed by atoms with Crippen molar-refractivity contribution in [1.29, 1.82) is 0 Å². The highest BCUT2D eigenvalue weighted by atomic mass is 28.4. The molecule has 6 N–H and O–H groups in total. The molecule has 27 heavy (non-hydrogen) atoms. The Morgan fingerprint density at radius 1 is 1.00 bits per heavy atom. The quantitative estimate of drug-likeness (QED) is 0.188. The molecule has 156 valence electrons. The smallest absolute Gasteiger partial charge is 0.221 e. The minimum atomic E-state index is -2.59. The van der Waals surface area contributed by atoms with Crippen molar-refractivity contribution in [2.45, 2.75) is 81.6 Å². The van der Waals surface area contributed by atoms with Crippen molar-refractivity contribution in [2.24, 2.45) is 0 Å². The Kier molecular flexibility index (Phi) is 6.04. The van der Waals surface area contributed by atoms with E-state index in [1.165, 1.54) is 6.08 Å². The molecule has 2 saturated heterocycles. The average molecular weight is 421 g/mol. The van der Waals surface area contributed by atoms with Gasteiger partial charge in [-0.25, -0.2) is 0 Å². The summed E-state index contributed by atoms with van der Waals surface area (Å²) >= 11 is 0. The van der Waals surface area contributed by atoms with Crippen molar-refractivity contribution in [3.8, 4) is 0 Å². The van der Waals surface area contributed by atoms with Gasteiger partial charge in [-0.3, -0.25) is 0 Å². The highest BCUT2D eigenvalue weighted by Crippen LogP contribution is 2.50. The molecule has 0 spiro atoms. The molecule has 0 amide bonds. The van der Waals surface area contributed by atoms with Crippen LogP contribution in [0.3, 0.4) is 0 Å². The average Bonchev–Trinajstić information content (AvgIpc) is 3.38. The van der Waals surface area contributed by atoms with Crippen LogP contribution in [-0.2, 0) is 9.47 Å². The Morgan fingerprint density at radius 2 is 1.59 bits per heavy atom. The van der Waals surface area contributed by atoms with Crippen LogP contribution in [0.15, 0.2) is 23.4 Å². The molecule has 0 saturated carbocycles. The summed E-state index contributed by atoms with van der Waals surface area (Å²) in [5.74, 6) is 0. The van der Waals surface area contributed by atoms with Gasteiger partial charge < -0.3 is 39.5 Å². The molecule has 4 rings (SSSR count). The van der Waals surface area contributed by atoms with Gasteiger partial charge in [-0.15, -0.1) is 0 Å².